The molecule has 0 saturated carbocycles. The zero-order valence-electron chi connectivity index (χ0n) is 25.1. The Balaban J connectivity index is 0.000000191. The maximum Gasteiger partial charge on any atom is 2.00 e. The molecule has 0 aliphatic rings. The molecule has 8 heteroatoms. The molecular weight excluding hydrogens is 735 g/mol. The smallest absolute Gasteiger partial charge is 0.513 e. The maximum absolute atomic E-state index is 5.77. The first-order valence-corrected chi connectivity index (χ1v) is 14.7. The molecule has 0 unspecified atom stereocenters. The average Bonchev–Trinajstić information content (AvgIpc) is 3.12. The van der Waals surface area contributed by atoms with Crippen molar-refractivity contribution >= 4 is 0 Å². The van der Waals surface area contributed by atoms with Crippen molar-refractivity contribution in [1.82, 2.24) is 24.9 Å². The van der Waals surface area contributed by atoms with Crippen LogP contribution in [-0.4, -0.2) is 38.1 Å². The summed E-state index contributed by atoms with van der Waals surface area (Å²) in [6, 6.07) is 38.0. The minimum absolute atomic E-state index is 0. The Labute approximate surface area is 279 Å². The van der Waals surface area contributed by atoms with Crippen molar-refractivity contribution in [3.63, 3.8) is 0 Å². The quantitative estimate of drug-likeness (QED) is 0.112. The van der Waals surface area contributed by atoms with Crippen molar-refractivity contribution in [1.29, 1.82) is 0 Å². The minimum atomic E-state index is 0. The number of aromatic nitrogens is 5. The number of nitrogens with two attached hydrogens (primary N) is 1. The van der Waals surface area contributed by atoms with E-state index in [1.165, 1.54) is 12.8 Å². The van der Waals surface area contributed by atoms with Crippen molar-refractivity contribution in [2.75, 3.05) is 13.2 Å². The van der Waals surface area contributed by atoms with E-state index in [0.717, 1.165) is 65.8 Å². The van der Waals surface area contributed by atoms with Gasteiger partial charge in [-0.15, -0.1) is 29.8 Å². The summed E-state index contributed by atoms with van der Waals surface area (Å²) in [5.74, 6) is 0.878. The van der Waals surface area contributed by atoms with Gasteiger partial charge in [0.25, 0.3) is 0 Å². The Bertz CT molecular complexity index is 1430. The van der Waals surface area contributed by atoms with E-state index < -0.39 is 0 Å². The fraction of sp³-hybridized carbons (Fsp3) is 0.162. The number of unbranched alkanes of at least 4 members (excludes halogenated alkanes) is 3. The van der Waals surface area contributed by atoms with Gasteiger partial charge in [0.05, 0.1) is 29.4 Å². The van der Waals surface area contributed by atoms with Gasteiger partial charge in [0.15, 0.2) is 0 Å². The van der Waals surface area contributed by atoms with E-state index in [-0.39, 0.29) is 19.8 Å². The molecule has 5 aromatic heterocycles. The van der Waals surface area contributed by atoms with E-state index >= 15 is 0 Å². The summed E-state index contributed by atoms with van der Waals surface area (Å²) in [5, 5.41) is 0. The summed E-state index contributed by atoms with van der Waals surface area (Å²) in [5.41, 5.74) is 11.0. The SMILES string of the molecule is NCCCCCCOc1cc[c-]c(-c2ccccn2)c1.[Os+2].c1ccc(-c2ccccn2)nc1.c1ccc(-c2ccccn2)nc1. The molecule has 2 N–H and O–H groups in total. The predicted molar refractivity (Wildman–Crippen MR) is 176 cm³/mol. The van der Waals surface area contributed by atoms with Gasteiger partial charge < -0.3 is 15.5 Å². The van der Waals surface area contributed by atoms with Crippen LogP contribution < -0.4 is 10.5 Å². The fourth-order valence-electron chi connectivity index (χ4n) is 4.05. The minimum Gasteiger partial charge on any atom is -0.513 e. The van der Waals surface area contributed by atoms with Gasteiger partial charge in [0, 0.05) is 36.7 Å². The average molecular weight is 772 g/mol. The van der Waals surface area contributed by atoms with Crippen LogP contribution >= 0.6 is 0 Å². The van der Waals surface area contributed by atoms with Crippen LogP contribution in [0.25, 0.3) is 34.0 Å². The van der Waals surface area contributed by atoms with Crippen molar-refractivity contribution < 1.29 is 24.5 Å². The zero-order chi connectivity index (χ0) is 30.5. The molecule has 0 saturated heterocycles. The molecule has 6 rings (SSSR count). The van der Waals surface area contributed by atoms with E-state index in [2.05, 4.69) is 31.0 Å². The number of rotatable bonds is 10. The number of hydrogen-bond acceptors (Lipinski definition) is 7. The second-order valence-corrected chi connectivity index (χ2v) is 9.56. The van der Waals surface area contributed by atoms with E-state index in [9.17, 15) is 0 Å². The third-order valence-electron chi connectivity index (χ3n) is 6.27. The molecule has 0 bridgehead atoms. The summed E-state index contributed by atoms with van der Waals surface area (Å²) in [6.07, 6.45) is 13.4. The van der Waals surface area contributed by atoms with Crippen molar-refractivity contribution in [2.45, 2.75) is 25.7 Å². The summed E-state index contributed by atoms with van der Waals surface area (Å²) in [4.78, 5) is 21.1. The van der Waals surface area contributed by atoms with Crippen LogP contribution in [-0.2, 0) is 19.8 Å². The second kappa shape index (κ2) is 21.1. The fourth-order valence-corrected chi connectivity index (χ4v) is 4.05. The second-order valence-electron chi connectivity index (χ2n) is 9.56. The van der Waals surface area contributed by atoms with Gasteiger partial charge in [0.2, 0.25) is 0 Å². The van der Waals surface area contributed by atoms with Crippen molar-refractivity contribution in [3.05, 3.63) is 146 Å². The van der Waals surface area contributed by atoms with Crippen molar-refractivity contribution in [2.24, 2.45) is 5.73 Å². The first kappa shape index (κ1) is 34.9. The third kappa shape index (κ3) is 12.9. The molecule has 45 heavy (non-hydrogen) atoms. The van der Waals surface area contributed by atoms with Crippen molar-refractivity contribution in [3.8, 4) is 39.8 Å². The normalized spacial score (nSPS) is 9.80. The molecule has 0 fully saturated rings. The van der Waals surface area contributed by atoms with Gasteiger partial charge in [0.1, 0.15) is 0 Å². The number of ether oxygens (including phenoxy) is 1. The van der Waals surface area contributed by atoms with E-state index in [1.54, 1.807) is 31.0 Å². The van der Waals surface area contributed by atoms with Crippen LogP contribution in [0.4, 0.5) is 0 Å². The molecule has 0 atom stereocenters. The molecule has 0 amide bonds. The van der Waals surface area contributed by atoms with E-state index in [4.69, 9.17) is 10.5 Å². The Morgan fingerprint density at radius 1 is 0.511 bits per heavy atom. The molecule has 1 aromatic carbocycles. The molecular formula is C37H37N6OOs+. The molecule has 0 aliphatic carbocycles. The Morgan fingerprint density at radius 2 is 0.933 bits per heavy atom. The van der Waals surface area contributed by atoms with Gasteiger partial charge in [-0.3, -0.25) is 19.9 Å². The Kier molecular flexibility index (Phi) is 16.4. The van der Waals surface area contributed by atoms with Gasteiger partial charge in [-0.1, -0.05) is 49.2 Å². The standard InChI is InChI=1S/C17H21N2O.2C10H8N2.Os/c18-11-4-1-2-6-13-20-16-9-7-8-15(14-16)17-10-3-5-12-19-17;2*1-3-7-11-9(5-1)10-6-2-4-8-12-10;/h3,5,7,9-10,12,14H,1-2,4,6,11,13,18H2;2*1-8H;/q-1;;;+2. The maximum atomic E-state index is 5.77. The first-order chi connectivity index (χ1) is 21.8. The van der Waals surface area contributed by atoms with E-state index in [1.807, 2.05) is 109 Å². The van der Waals surface area contributed by atoms with Gasteiger partial charge >= 0.3 is 19.8 Å². The summed E-state index contributed by atoms with van der Waals surface area (Å²) in [7, 11) is 0. The number of pyridine rings is 5. The molecule has 0 spiro atoms. The van der Waals surface area contributed by atoms with Gasteiger partial charge in [-0.25, -0.2) is 0 Å². The number of benzene rings is 1. The topological polar surface area (TPSA) is 99.7 Å². The molecule has 0 radical (unpaired) electrons. The summed E-state index contributed by atoms with van der Waals surface area (Å²) in [6.45, 7) is 1.53. The third-order valence-corrected chi connectivity index (χ3v) is 6.27. The van der Waals surface area contributed by atoms with Gasteiger partial charge in [-0.05, 0) is 79.7 Å². The Morgan fingerprint density at radius 3 is 1.33 bits per heavy atom. The summed E-state index contributed by atoms with van der Waals surface area (Å²) < 4.78 is 5.77. The molecule has 0 aliphatic heterocycles. The molecule has 5 heterocycles. The largest absolute Gasteiger partial charge is 2.00 e. The monoisotopic (exact) mass is 773 g/mol. The van der Waals surface area contributed by atoms with Crippen LogP contribution in [0.15, 0.2) is 140 Å². The van der Waals surface area contributed by atoms with Crippen LogP contribution in [0.3, 0.4) is 0 Å². The first-order valence-electron chi connectivity index (χ1n) is 14.7. The summed E-state index contributed by atoms with van der Waals surface area (Å²) >= 11 is 0. The van der Waals surface area contributed by atoms with Crippen LogP contribution in [0.5, 0.6) is 5.75 Å². The zero-order valence-corrected chi connectivity index (χ0v) is 27.6. The Hall–Kier alpha value is -4.63. The van der Waals surface area contributed by atoms with Gasteiger partial charge in [-0.2, -0.15) is 0 Å². The van der Waals surface area contributed by atoms with Crippen LogP contribution in [0.1, 0.15) is 25.7 Å². The van der Waals surface area contributed by atoms with Crippen LogP contribution in [0, 0.1) is 6.07 Å². The molecule has 7 nitrogen and oxygen atoms in total. The van der Waals surface area contributed by atoms with E-state index in [0.29, 0.717) is 0 Å². The molecule has 228 valence electrons. The number of hydrogen-bond donors (Lipinski definition) is 1. The number of nitrogens with zero attached hydrogens (tertiary/aromatic N) is 5. The molecule has 6 aromatic rings. The van der Waals surface area contributed by atoms with Crippen LogP contribution in [0.2, 0.25) is 0 Å². The predicted octanol–water partition coefficient (Wildman–Crippen LogP) is 7.73.